The van der Waals surface area contributed by atoms with E-state index in [0.717, 1.165) is 43.0 Å². The normalized spacial score (nSPS) is 23.7. The molecule has 1 aromatic carbocycles. The zero-order valence-electron chi connectivity index (χ0n) is 11.0. The van der Waals surface area contributed by atoms with Crippen molar-refractivity contribution in [1.82, 2.24) is 5.32 Å². The molecule has 1 atom stereocenters. The van der Waals surface area contributed by atoms with Gasteiger partial charge < -0.3 is 19.9 Å². The molecule has 100 valence electrons. The fraction of sp³-hybridized carbons (Fsp3) is 0.571. The first kappa shape index (κ1) is 13.2. The third kappa shape index (κ3) is 2.31. The topological polar surface area (TPSA) is 50.7 Å². The van der Waals surface area contributed by atoms with Crippen LogP contribution in [0.2, 0.25) is 0 Å². The van der Waals surface area contributed by atoms with Crippen molar-refractivity contribution >= 4 is 0 Å². The van der Waals surface area contributed by atoms with Gasteiger partial charge in [-0.2, -0.15) is 0 Å². The Labute approximate surface area is 108 Å². The van der Waals surface area contributed by atoms with Crippen LogP contribution < -0.4 is 14.8 Å². The molecule has 1 aromatic rings. The van der Waals surface area contributed by atoms with Crippen LogP contribution in [0.25, 0.3) is 0 Å². The first-order chi connectivity index (χ1) is 8.75. The smallest absolute Gasteiger partial charge is 0.126 e. The Hall–Kier alpha value is -1.26. The molecular weight excluding hydrogens is 230 g/mol. The maximum Gasteiger partial charge on any atom is 0.126 e. The molecule has 0 aromatic heterocycles. The number of hydrogen-bond donors (Lipinski definition) is 2. The van der Waals surface area contributed by atoms with Gasteiger partial charge in [-0.1, -0.05) is 6.07 Å². The molecule has 2 rings (SSSR count). The van der Waals surface area contributed by atoms with Gasteiger partial charge in [-0.05, 0) is 25.5 Å². The summed E-state index contributed by atoms with van der Waals surface area (Å²) in [6.45, 7) is 1.93. The number of piperidine rings is 1. The summed E-state index contributed by atoms with van der Waals surface area (Å²) < 4.78 is 10.7. The van der Waals surface area contributed by atoms with Gasteiger partial charge in [-0.15, -0.1) is 0 Å². The molecular formula is C14H21NO3. The van der Waals surface area contributed by atoms with Gasteiger partial charge >= 0.3 is 0 Å². The van der Waals surface area contributed by atoms with Gasteiger partial charge in [0.2, 0.25) is 0 Å². The van der Waals surface area contributed by atoms with Crippen molar-refractivity contribution in [2.75, 3.05) is 33.9 Å². The summed E-state index contributed by atoms with van der Waals surface area (Å²) in [6.07, 6.45) is 2.04. The average molecular weight is 251 g/mol. The zero-order valence-corrected chi connectivity index (χ0v) is 11.0. The van der Waals surface area contributed by atoms with Gasteiger partial charge in [-0.3, -0.25) is 0 Å². The molecule has 1 heterocycles. The van der Waals surface area contributed by atoms with Crippen LogP contribution in [0.4, 0.5) is 0 Å². The summed E-state index contributed by atoms with van der Waals surface area (Å²) in [6, 6.07) is 5.80. The maximum absolute atomic E-state index is 9.81. The highest BCUT2D eigenvalue weighted by molar-refractivity contribution is 5.45. The number of ether oxygens (including phenoxy) is 2. The molecule has 0 radical (unpaired) electrons. The lowest BCUT2D eigenvalue weighted by Gasteiger charge is -2.37. The van der Waals surface area contributed by atoms with E-state index in [1.54, 1.807) is 14.2 Å². The maximum atomic E-state index is 9.81. The minimum Gasteiger partial charge on any atom is -0.497 e. The molecule has 4 nitrogen and oxygen atoms in total. The van der Waals surface area contributed by atoms with E-state index in [0.29, 0.717) is 0 Å². The van der Waals surface area contributed by atoms with Crippen molar-refractivity contribution < 1.29 is 14.6 Å². The summed E-state index contributed by atoms with van der Waals surface area (Å²) in [7, 11) is 3.29. The number of methoxy groups -OCH3 is 2. The second-order valence-corrected chi connectivity index (χ2v) is 4.78. The number of aliphatic hydroxyl groups is 1. The van der Waals surface area contributed by atoms with E-state index in [4.69, 9.17) is 9.47 Å². The van der Waals surface area contributed by atoms with Crippen molar-refractivity contribution in [3.63, 3.8) is 0 Å². The molecule has 0 saturated carbocycles. The van der Waals surface area contributed by atoms with Gasteiger partial charge in [0.25, 0.3) is 0 Å². The molecule has 18 heavy (non-hydrogen) atoms. The quantitative estimate of drug-likeness (QED) is 0.847. The molecule has 2 N–H and O–H groups in total. The van der Waals surface area contributed by atoms with Crippen LogP contribution in [0.1, 0.15) is 18.4 Å². The van der Waals surface area contributed by atoms with E-state index in [1.165, 1.54) is 0 Å². The fourth-order valence-corrected chi connectivity index (χ4v) is 2.65. The van der Waals surface area contributed by atoms with Crippen molar-refractivity contribution in [2.24, 2.45) is 0 Å². The summed E-state index contributed by atoms with van der Waals surface area (Å²) in [4.78, 5) is 0. The van der Waals surface area contributed by atoms with Gasteiger partial charge in [0.1, 0.15) is 11.5 Å². The van der Waals surface area contributed by atoms with Crippen LogP contribution in [0, 0.1) is 0 Å². The van der Waals surface area contributed by atoms with Gasteiger partial charge in [-0.25, -0.2) is 0 Å². The monoisotopic (exact) mass is 251 g/mol. The Morgan fingerprint density at radius 1 is 1.33 bits per heavy atom. The summed E-state index contributed by atoms with van der Waals surface area (Å²) in [5.74, 6) is 1.56. The lowest BCUT2D eigenvalue weighted by molar-refractivity contribution is 0.159. The molecule has 1 aliphatic rings. The second-order valence-electron chi connectivity index (χ2n) is 4.78. The molecule has 0 bridgehead atoms. The van der Waals surface area contributed by atoms with E-state index in [2.05, 4.69) is 5.32 Å². The average Bonchev–Trinajstić information content (AvgIpc) is 2.47. The minimum absolute atomic E-state index is 0.128. The molecule has 1 unspecified atom stereocenters. The van der Waals surface area contributed by atoms with Crippen LogP contribution in [-0.2, 0) is 5.41 Å². The van der Waals surface area contributed by atoms with Crippen molar-refractivity contribution in [3.05, 3.63) is 23.8 Å². The predicted octanol–water partition coefficient (Wildman–Crippen LogP) is 1.32. The number of aliphatic hydroxyl groups excluding tert-OH is 1. The van der Waals surface area contributed by atoms with E-state index < -0.39 is 0 Å². The lowest BCUT2D eigenvalue weighted by Crippen LogP contribution is -2.46. The molecule has 1 saturated heterocycles. The predicted molar refractivity (Wildman–Crippen MR) is 70.4 cm³/mol. The Balaban J connectivity index is 2.40. The molecule has 0 aliphatic carbocycles. The highest BCUT2D eigenvalue weighted by Crippen LogP contribution is 2.38. The van der Waals surface area contributed by atoms with Gasteiger partial charge in [0, 0.05) is 23.6 Å². The zero-order chi connectivity index (χ0) is 13.0. The van der Waals surface area contributed by atoms with Crippen LogP contribution in [-0.4, -0.2) is 39.0 Å². The Morgan fingerprint density at radius 3 is 2.72 bits per heavy atom. The van der Waals surface area contributed by atoms with Crippen molar-refractivity contribution in [3.8, 4) is 11.5 Å². The lowest BCUT2D eigenvalue weighted by atomic mass is 9.75. The number of hydrogen-bond acceptors (Lipinski definition) is 4. The molecule has 0 amide bonds. The SMILES string of the molecule is COc1ccc(C2(CO)CCCNC2)c(OC)c1. The minimum atomic E-state index is -0.240. The summed E-state index contributed by atoms with van der Waals surface area (Å²) >= 11 is 0. The van der Waals surface area contributed by atoms with Crippen LogP contribution in [0.3, 0.4) is 0 Å². The Bertz CT molecular complexity index is 400. The van der Waals surface area contributed by atoms with E-state index in [1.807, 2.05) is 18.2 Å². The molecule has 1 aliphatic heterocycles. The summed E-state index contributed by atoms with van der Waals surface area (Å²) in [5.41, 5.74) is 0.816. The first-order valence-electron chi connectivity index (χ1n) is 6.30. The second kappa shape index (κ2) is 5.59. The molecule has 1 fully saturated rings. The van der Waals surface area contributed by atoms with Crippen molar-refractivity contribution in [1.29, 1.82) is 0 Å². The van der Waals surface area contributed by atoms with E-state index >= 15 is 0 Å². The first-order valence-corrected chi connectivity index (χ1v) is 6.30. The Kier molecular flexibility index (Phi) is 4.09. The van der Waals surface area contributed by atoms with Gasteiger partial charge in [0.15, 0.2) is 0 Å². The standard InChI is InChI=1S/C14H21NO3/c1-17-11-4-5-12(13(8-11)18-2)14(10-16)6-3-7-15-9-14/h4-5,8,15-16H,3,6-7,9-10H2,1-2H3. The number of benzene rings is 1. The van der Waals surface area contributed by atoms with Crippen molar-refractivity contribution in [2.45, 2.75) is 18.3 Å². The molecule has 0 spiro atoms. The third-order valence-electron chi connectivity index (χ3n) is 3.75. The summed E-state index contributed by atoms with van der Waals surface area (Å²) in [5, 5.41) is 13.2. The van der Waals surface area contributed by atoms with Gasteiger partial charge in [0.05, 0.1) is 20.8 Å². The Morgan fingerprint density at radius 2 is 2.17 bits per heavy atom. The third-order valence-corrected chi connectivity index (χ3v) is 3.75. The number of nitrogens with one attached hydrogen (secondary N) is 1. The fourth-order valence-electron chi connectivity index (χ4n) is 2.65. The van der Waals surface area contributed by atoms with Crippen LogP contribution in [0.5, 0.6) is 11.5 Å². The van der Waals surface area contributed by atoms with E-state index in [-0.39, 0.29) is 12.0 Å². The largest absolute Gasteiger partial charge is 0.497 e. The highest BCUT2D eigenvalue weighted by Gasteiger charge is 2.35. The van der Waals surface area contributed by atoms with E-state index in [9.17, 15) is 5.11 Å². The highest BCUT2D eigenvalue weighted by atomic mass is 16.5. The molecule has 4 heteroatoms. The number of rotatable bonds is 4. The van der Waals surface area contributed by atoms with Crippen LogP contribution in [0.15, 0.2) is 18.2 Å². The van der Waals surface area contributed by atoms with Crippen LogP contribution >= 0.6 is 0 Å².